The molecule has 0 aliphatic heterocycles. The molecule has 0 aromatic heterocycles. The lowest BCUT2D eigenvalue weighted by molar-refractivity contribution is 2.08. The smallest absolute Gasteiger partial charge is 0.101 e. The van der Waals surface area contributed by atoms with Crippen molar-refractivity contribution in [3.8, 4) is 0 Å². The molecule has 0 bridgehead atoms. The molecule has 0 N–H and O–H groups in total. The summed E-state index contributed by atoms with van der Waals surface area (Å²) in [6.07, 6.45) is 0. The van der Waals surface area contributed by atoms with Gasteiger partial charge in [0, 0.05) is 0 Å². The fourth-order valence-corrected chi connectivity index (χ4v) is 0. The summed E-state index contributed by atoms with van der Waals surface area (Å²) in [7, 11) is 1.04. The number of hydrogen-bond donors (Lipinski definition) is 0. The third kappa shape index (κ3) is 4.15. The minimum atomic E-state index is 1.04. The Balaban J connectivity index is 2.85. The van der Waals surface area contributed by atoms with E-state index in [0.29, 0.717) is 0 Å². The standard InChI is InChI=1S/C3H7BS/c1-3(5)4-2/h4H,1-2H3. The molecule has 0 radical (unpaired) electrons. The van der Waals surface area contributed by atoms with Gasteiger partial charge < -0.3 is 0 Å². The van der Waals surface area contributed by atoms with E-state index in [9.17, 15) is 0 Å². The molecule has 2 heteroatoms. The summed E-state index contributed by atoms with van der Waals surface area (Å²) >= 11 is 4.70. The van der Waals surface area contributed by atoms with Crippen molar-refractivity contribution in [3.63, 3.8) is 0 Å². The Bertz CT molecular complexity index is 42.2. The van der Waals surface area contributed by atoms with Crippen molar-refractivity contribution in [1.29, 1.82) is 0 Å². The van der Waals surface area contributed by atoms with Crippen molar-refractivity contribution in [2.75, 3.05) is 0 Å². The zero-order valence-electron chi connectivity index (χ0n) is 3.62. The molecule has 0 fully saturated rings. The van der Waals surface area contributed by atoms with E-state index in [2.05, 4.69) is 6.82 Å². The number of hydrogen-bond acceptors (Lipinski definition) is 1. The Kier molecular flexibility index (Phi) is 2.47. The third-order valence-electron chi connectivity index (χ3n) is 0.498. The number of rotatable bonds is 1. The molecule has 0 atom stereocenters. The predicted octanol–water partition coefficient (Wildman–Crippen LogP) is 0.818. The van der Waals surface area contributed by atoms with Gasteiger partial charge in [-0.2, -0.15) is 0 Å². The van der Waals surface area contributed by atoms with E-state index < -0.39 is 0 Å². The van der Waals surface area contributed by atoms with Gasteiger partial charge in [-0.1, -0.05) is 6.82 Å². The van der Waals surface area contributed by atoms with Gasteiger partial charge in [-0.05, 0) is 11.7 Å². The third-order valence-corrected chi connectivity index (χ3v) is 0.787. The van der Waals surface area contributed by atoms with Gasteiger partial charge in [0.1, 0.15) is 0 Å². The van der Waals surface area contributed by atoms with Crippen molar-refractivity contribution in [1.82, 2.24) is 0 Å². The second-order valence-electron chi connectivity index (χ2n) is 1.06. The molecule has 28 valence electrons. The summed E-state index contributed by atoms with van der Waals surface area (Å²) in [6, 6.07) is 0. The highest BCUT2D eigenvalue weighted by Gasteiger charge is 1.75. The molecule has 0 aromatic carbocycles. The lowest BCUT2D eigenvalue weighted by Gasteiger charge is -1.73. The predicted molar refractivity (Wildman–Crippen MR) is 31.3 cm³/mol. The quantitative estimate of drug-likeness (QED) is 0.336. The Morgan fingerprint density at radius 3 is 2.00 bits per heavy atom. The average molecular weight is 86.0 g/mol. The molecule has 0 spiro atoms. The van der Waals surface area contributed by atoms with E-state index in [1.165, 1.54) is 0 Å². The monoisotopic (exact) mass is 86.0 g/mol. The second kappa shape index (κ2) is 2.40. The van der Waals surface area contributed by atoms with Gasteiger partial charge in [0.05, 0.1) is 0 Å². The van der Waals surface area contributed by atoms with E-state index >= 15 is 0 Å². The largest absolute Gasteiger partial charge is 0.163 e. The zero-order valence-corrected chi connectivity index (χ0v) is 4.43. The van der Waals surface area contributed by atoms with Crippen LogP contribution in [0.2, 0.25) is 6.82 Å². The Morgan fingerprint density at radius 1 is 1.80 bits per heavy atom. The molecule has 5 heavy (non-hydrogen) atoms. The van der Waals surface area contributed by atoms with Crippen LogP contribution >= 0.6 is 12.2 Å². The normalized spacial score (nSPS) is 6.80. The molecule has 0 aliphatic carbocycles. The van der Waals surface area contributed by atoms with Crippen LogP contribution in [0.1, 0.15) is 6.92 Å². The van der Waals surface area contributed by atoms with Crippen molar-refractivity contribution in [2.24, 2.45) is 0 Å². The minimum Gasteiger partial charge on any atom is -0.101 e. The molecule has 0 nitrogen and oxygen atoms in total. The Morgan fingerprint density at radius 2 is 2.00 bits per heavy atom. The maximum atomic E-state index is 4.70. The van der Waals surface area contributed by atoms with Gasteiger partial charge in [0.15, 0.2) is 7.28 Å². The fraction of sp³-hybridized carbons (Fsp3) is 0.667. The second-order valence-corrected chi connectivity index (χ2v) is 1.75. The highest BCUT2D eigenvalue weighted by molar-refractivity contribution is 7.83. The molecule has 0 aliphatic rings. The topological polar surface area (TPSA) is 0 Å². The average Bonchev–Trinajstić information content (AvgIpc) is 1.38. The van der Waals surface area contributed by atoms with Gasteiger partial charge in [-0.25, -0.2) is 0 Å². The maximum absolute atomic E-state index is 4.70. The van der Waals surface area contributed by atoms with Gasteiger partial charge in [0.2, 0.25) is 0 Å². The van der Waals surface area contributed by atoms with Crippen LogP contribution in [-0.2, 0) is 0 Å². The van der Waals surface area contributed by atoms with Crippen LogP contribution in [-0.4, -0.2) is 12.0 Å². The Hall–Kier alpha value is 0.155. The van der Waals surface area contributed by atoms with Gasteiger partial charge in [-0.15, -0.1) is 12.2 Å². The van der Waals surface area contributed by atoms with Crippen LogP contribution in [0.5, 0.6) is 0 Å². The van der Waals surface area contributed by atoms with Crippen LogP contribution in [0, 0.1) is 0 Å². The van der Waals surface area contributed by atoms with Crippen molar-refractivity contribution < 1.29 is 0 Å². The summed E-state index contributed by atoms with van der Waals surface area (Å²) in [6.45, 7) is 4.01. The first-order chi connectivity index (χ1) is 2.27. The summed E-state index contributed by atoms with van der Waals surface area (Å²) in [5.74, 6) is 0. The molecule has 0 saturated carbocycles. The van der Waals surface area contributed by atoms with Gasteiger partial charge in [0.25, 0.3) is 0 Å². The van der Waals surface area contributed by atoms with E-state index in [1.54, 1.807) is 0 Å². The summed E-state index contributed by atoms with van der Waals surface area (Å²) < 4.78 is 1.09. The minimum absolute atomic E-state index is 1.04. The lowest BCUT2D eigenvalue weighted by Crippen LogP contribution is -1.91. The van der Waals surface area contributed by atoms with Gasteiger partial charge in [-0.3, -0.25) is 0 Å². The SMILES string of the molecule is CBC(C)=S. The molecule has 0 rings (SSSR count). The van der Waals surface area contributed by atoms with E-state index in [0.717, 1.165) is 12.0 Å². The molecular formula is C3H7BS. The van der Waals surface area contributed by atoms with E-state index in [-0.39, 0.29) is 0 Å². The van der Waals surface area contributed by atoms with E-state index in [1.807, 2.05) is 6.92 Å². The number of thiocarbonyl (C=S) groups is 1. The highest BCUT2D eigenvalue weighted by Crippen LogP contribution is 1.65. The van der Waals surface area contributed by atoms with Crippen molar-refractivity contribution >= 4 is 24.3 Å². The maximum Gasteiger partial charge on any atom is 0.163 e. The molecule has 0 unspecified atom stereocenters. The first-order valence-corrected chi connectivity index (χ1v) is 2.17. The molecule has 0 amide bonds. The van der Waals surface area contributed by atoms with E-state index in [4.69, 9.17) is 12.2 Å². The van der Waals surface area contributed by atoms with Crippen LogP contribution in [0.4, 0.5) is 0 Å². The molecule has 0 saturated heterocycles. The van der Waals surface area contributed by atoms with Gasteiger partial charge >= 0.3 is 0 Å². The first-order valence-electron chi connectivity index (χ1n) is 1.76. The molecular weight excluding hydrogens is 78.9 g/mol. The van der Waals surface area contributed by atoms with Crippen molar-refractivity contribution in [3.05, 3.63) is 0 Å². The summed E-state index contributed by atoms with van der Waals surface area (Å²) in [4.78, 5) is 0. The summed E-state index contributed by atoms with van der Waals surface area (Å²) in [5, 5.41) is 0. The van der Waals surface area contributed by atoms with Crippen LogP contribution in [0.3, 0.4) is 0 Å². The summed E-state index contributed by atoms with van der Waals surface area (Å²) in [5.41, 5.74) is 0. The highest BCUT2D eigenvalue weighted by atomic mass is 32.1. The zero-order chi connectivity index (χ0) is 4.28. The van der Waals surface area contributed by atoms with Crippen LogP contribution in [0.25, 0.3) is 0 Å². The van der Waals surface area contributed by atoms with Crippen LogP contribution < -0.4 is 0 Å². The lowest BCUT2D eigenvalue weighted by atomic mass is 9.79. The van der Waals surface area contributed by atoms with Crippen LogP contribution in [0.15, 0.2) is 0 Å². The molecule has 0 aromatic rings. The Labute approximate surface area is 38.8 Å². The first kappa shape index (κ1) is 5.15. The van der Waals surface area contributed by atoms with Crippen molar-refractivity contribution in [2.45, 2.75) is 13.7 Å². The molecule has 0 heterocycles. The fourth-order valence-electron chi connectivity index (χ4n) is 0.